The van der Waals surface area contributed by atoms with E-state index in [4.69, 9.17) is 0 Å². The SMILES string of the molecule is O=C(c1ccccc1Br)N1CCCCC1CBr. The average Bonchev–Trinajstić information content (AvgIpc) is 2.38. The largest absolute Gasteiger partial charge is 0.335 e. The molecule has 1 atom stereocenters. The molecule has 1 aromatic carbocycles. The number of hydrogen-bond acceptors (Lipinski definition) is 1. The van der Waals surface area contributed by atoms with E-state index in [2.05, 4.69) is 31.9 Å². The molecule has 1 fully saturated rings. The van der Waals surface area contributed by atoms with E-state index < -0.39 is 0 Å². The summed E-state index contributed by atoms with van der Waals surface area (Å²) < 4.78 is 0.879. The van der Waals surface area contributed by atoms with E-state index in [1.807, 2.05) is 29.2 Å². The molecule has 0 spiro atoms. The summed E-state index contributed by atoms with van der Waals surface area (Å²) in [4.78, 5) is 14.5. The zero-order valence-corrected chi connectivity index (χ0v) is 12.7. The Balaban J connectivity index is 2.21. The molecule has 0 saturated carbocycles. The van der Waals surface area contributed by atoms with E-state index in [-0.39, 0.29) is 5.91 Å². The van der Waals surface area contributed by atoms with Crippen molar-refractivity contribution < 1.29 is 4.79 Å². The molecule has 1 saturated heterocycles. The van der Waals surface area contributed by atoms with Crippen LogP contribution >= 0.6 is 31.9 Å². The molecule has 1 unspecified atom stereocenters. The number of carbonyl (C=O) groups is 1. The highest BCUT2D eigenvalue weighted by Gasteiger charge is 2.27. The maximum Gasteiger partial charge on any atom is 0.255 e. The Bertz CT molecular complexity index is 408. The van der Waals surface area contributed by atoms with E-state index in [9.17, 15) is 4.79 Å². The van der Waals surface area contributed by atoms with Gasteiger partial charge in [-0.25, -0.2) is 0 Å². The minimum Gasteiger partial charge on any atom is -0.335 e. The monoisotopic (exact) mass is 359 g/mol. The normalized spacial score (nSPS) is 20.4. The van der Waals surface area contributed by atoms with Crippen molar-refractivity contribution in [2.75, 3.05) is 11.9 Å². The minimum absolute atomic E-state index is 0.140. The molecular weight excluding hydrogens is 346 g/mol. The van der Waals surface area contributed by atoms with Gasteiger partial charge in [-0.2, -0.15) is 0 Å². The molecular formula is C13H15Br2NO. The number of rotatable bonds is 2. The summed E-state index contributed by atoms with van der Waals surface area (Å²) in [5.41, 5.74) is 0.764. The zero-order chi connectivity index (χ0) is 12.3. The van der Waals surface area contributed by atoms with Crippen molar-refractivity contribution in [1.82, 2.24) is 4.90 Å². The third-order valence-corrected chi connectivity index (χ3v) is 4.61. The van der Waals surface area contributed by atoms with Gasteiger partial charge in [0.25, 0.3) is 5.91 Å². The quantitative estimate of drug-likeness (QED) is 0.734. The number of carbonyl (C=O) groups excluding carboxylic acids is 1. The molecule has 2 rings (SSSR count). The standard InChI is InChI=1S/C13H15Br2NO/c14-9-10-5-3-4-8-16(10)13(17)11-6-1-2-7-12(11)15/h1-2,6-7,10H,3-5,8-9H2. The van der Waals surface area contributed by atoms with Gasteiger partial charge in [-0.05, 0) is 47.3 Å². The molecule has 1 heterocycles. The smallest absolute Gasteiger partial charge is 0.255 e. The van der Waals surface area contributed by atoms with Crippen LogP contribution in [-0.4, -0.2) is 28.7 Å². The first-order chi connectivity index (χ1) is 8.24. The van der Waals surface area contributed by atoms with Gasteiger partial charge in [0.2, 0.25) is 0 Å². The summed E-state index contributed by atoms with van der Waals surface area (Å²) in [5, 5.41) is 0.864. The Morgan fingerprint density at radius 1 is 1.35 bits per heavy atom. The van der Waals surface area contributed by atoms with Crippen molar-refractivity contribution in [2.24, 2.45) is 0 Å². The number of hydrogen-bond donors (Lipinski definition) is 0. The second kappa shape index (κ2) is 6.01. The molecule has 0 N–H and O–H groups in total. The van der Waals surface area contributed by atoms with Crippen molar-refractivity contribution in [3.05, 3.63) is 34.3 Å². The summed E-state index contributed by atoms with van der Waals surface area (Å²) in [5.74, 6) is 0.140. The summed E-state index contributed by atoms with van der Waals surface area (Å²) in [6.07, 6.45) is 3.43. The van der Waals surface area contributed by atoms with Crippen LogP contribution in [0.2, 0.25) is 0 Å². The van der Waals surface area contributed by atoms with Gasteiger partial charge in [-0.1, -0.05) is 28.1 Å². The Labute approximate surface area is 119 Å². The summed E-state index contributed by atoms with van der Waals surface area (Å²) in [6.45, 7) is 0.871. The number of halogens is 2. The van der Waals surface area contributed by atoms with Crippen LogP contribution < -0.4 is 0 Å². The van der Waals surface area contributed by atoms with Gasteiger partial charge in [-0.15, -0.1) is 0 Å². The Morgan fingerprint density at radius 3 is 2.82 bits per heavy atom. The van der Waals surface area contributed by atoms with Crippen LogP contribution in [-0.2, 0) is 0 Å². The molecule has 1 aliphatic rings. The third-order valence-electron chi connectivity index (χ3n) is 3.17. The molecule has 1 amide bonds. The van der Waals surface area contributed by atoms with Gasteiger partial charge in [0.05, 0.1) is 5.56 Å². The topological polar surface area (TPSA) is 20.3 Å². The molecule has 0 aliphatic carbocycles. The lowest BCUT2D eigenvalue weighted by atomic mass is 10.0. The second-order valence-electron chi connectivity index (χ2n) is 4.28. The number of alkyl halides is 1. The molecule has 2 nitrogen and oxygen atoms in total. The van der Waals surface area contributed by atoms with E-state index in [1.165, 1.54) is 6.42 Å². The van der Waals surface area contributed by atoms with Crippen LogP contribution in [0, 0.1) is 0 Å². The van der Waals surface area contributed by atoms with Crippen LogP contribution in [0.1, 0.15) is 29.6 Å². The third kappa shape index (κ3) is 2.91. The highest BCUT2D eigenvalue weighted by molar-refractivity contribution is 9.10. The summed E-state index contributed by atoms with van der Waals surface area (Å²) in [7, 11) is 0. The van der Waals surface area contributed by atoms with Crippen molar-refractivity contribution in [3.8, 4) is 0 Å². The molecule has 92 valence electrons. The summed E-state index contributed by atoms with van der Waals surface area (Å²) in [6, 6.07) is 7.97. The van der Waals surface area contributed by atoms with Crippen LogP contribution in [0.4, 0.5) is 0 Å². The molecule has 17 heavy (non-hydrogen) atoms. The average molecular weight is 361 g/mol. The fourth-order valence-corrected chi connectivity index (χ4v) is 3.35. The van der Waals surface area contributed by atoms with Gasteiger partial charge in [0.15, 0.2) is 0 Å². The lowest BCUT2D eigenvalue weighted by Gasteiger charge is -2.35. The van der Waals surface area contributed by atoms with Crippen LogP contribution in [0.15, 0.2) is 28.7 Å². The van der Waals surface area contributed by atoms with E-state index in [1.54, 1.807) is 0 Å². The zero-order valence-electron chi connectivity index (χ0n) is 9.53. The molecule has 0 aromatic heterocycles. The first-order valence-electron chi connectivity index (χ1n) is 5.85. The highest BCUT2D eigenvalue weighted by atomic mass is 79.9. The second-order valence-corrected chi connectivity index (χ2v) is 5.78. The van der Waals surface area contributed by atoms with E-state index in [0.717, 1.165) is 34.8 Å². The molecule has 0 bridgehead atoms. The lowest BCUT2D eigenvalue weighted by Crippen LogP contribution is -2.44. The number of amides is 1. The van der Waals surface area contributed by atoms with Gasteiger partial charge in [0, 0.05) is 22.4 Å². The van der Waals surface area contributed by atoms with Crippen LogP contribution in [0.3, 0.4) is 0 Å². The fourth-order valence-electron chi connectivity index (χ4n) is 2.22. The molecule has 0 radical (unpaired) electrons. The lowest BCUT2D eigenvalue weighted by molar-refractivity contribution is 0.0641. The number of likely N-dealkylation sites (tertiary alicyclic amines) is 1. The van der Waals surface area contributed by atoms with Crippen molar-refractivity contribution in [2.45, 2.75) is 25.3 Å². The highest BCUT2D eigenvalue weighted by Crippen LogP contribution is 2.24. The van der Waals surface area contributed by atoms with Crippen LogP contribution in [0.25, 0.3) is 0 Å². The summed E-state index contributed by atoms with van der Waals surface area (Å²) >= 11 is 6.95. The molecule has 1 aromatic rings. The van der Waals surface area contributed by atoms with Gasteiger partial charge in [-0.3, -0.25) is 4.79 Å². The fraction of sp³-hybridized carbons (Fsp3) is 0.462. The maximum absolute atomic E-state index is 12.5. The Hall–Kier alpha value is -0.350. The van der Waals surface area contributed by atoms with Gasteiger partial charge >= 0.3 is 0 Å². The molecule has 4 heteroatoms. The van der Waals surface area contributed by atoms with Crippen molar-refractivity contribution in [1.29, 1.82) is 0 Å². The van der Waals surface area contributed by atoms with Crippen molar-refractivity contribution in [3.63, 3.8) is 0 Å². The first kappa shape index (κ1) is 13.1. The van der Waals surface area contributed by atoms with E-state index >= 15 is 0 Å². The number of piperidine rings is 1. The Morgan fingerprint density at radius 2 is 2.12 bits per heavy atom. The number of benzene rings is 1. The maximum atomic E-state index is 12.5. The molecule has 1 aliphatic heterocycles. The minimum atomic E-state index is 0.140. The van der Waals surface area contributed by atoms with Gasteiger partial charge in [0.1, 0.15) is 0 Å². The Kier molecular flexibility index (Phi) is 4.62. The predicted octanol–water partition coefficient (Wildman–Crippen LogP) is 3.84. The van der Waals surface area contributed by atoms with E-state index in [0.29, 0.717) is 6.04 Å². The van der Waals surface area contributed by atoms with Crippen LogP contribution in [0.5, 0.6) is 0 Å². The predicted molar refractivity (Wildman–Crippen MR) is 76.6 cm³/mol. The first-order valence-corrected chi connectivity index (χ1v) is 7.77. The number of nitrogens with zero attached hydrogens (tertiary/aromatic N) is 1. The van der Waals surface area contributed by atoms with Gasteiger partial charge < -0.3 is 4.90 Å². The van der Waals surface area contributed by atoms with Crippen molar-refractivity contribution >= 4 is 37.8 Å².